The SMILES string of the molecule is CC1(C)OC2C(=O)C=C(COC(c3ccccc3)(c3ccccc3)c3ccccc3)C2O1. The second-order valence-electron chi connectivity index (χ2n) is 8.67. The maximum Gasteiger partial charge on any atom is 0.187 e. The van der Waals surface area contributed by atoms with Crippen LogP contribution in [0, 0.1) is 0 Å². The van der Waals surface area contributed by atoms with Gasteiger partial charge in [-0.1, -0.05) is 91.0 Å². The number of carbonyl (C=O) groups is 1. The molecule has 5 rings (SSSR count). The molecule has 0 aromatic heterocycles. The summed E-state index contributed by atoms with van der Waals surface area (Å²) in [7, 11) is 0. The lowest BCUT2D eigenvalue weighted by Gasteiger charge is -2.36. The highest BCUT2D eigenvalue weighted by molar-refractivity contribution is 5.98. The minimum Gasteiger partial charge on any atom is -0.356 e. The van der Waals surface area contributed by atoms with Crippen LogP contribution in [0.25, 0.3) is 0 Å². The smallest absolute Gasteiger partial charge is 0.187 e. The van der Waals surface area contributed by atoms with Crippen molar-refractivity contribution in [2.24, 2.45) is 0 Å². The topological polar surface area (TPSA) is 44.8 Å². The van der Waals surface area contributed by atoms with Gasteiger partial charge in [0.1, 0.15) is 11.7 Å². The molecule has 0 N–H and O–H groups in total. The van der Waals surface area contributed by atoms with Gasteiger partial charge in [0.05, 0.1) is 6.61 Å². The summed E-state index contributed by atoms with van der Waals surface area (Å²) in [5.74, 6) is -0.858. The summed E-state index contributed by atoms with van der Waals surface area (Å²) in [5.41, 5.74) is 3.01. The van der Waals surface area contributed by atoms with Gasteiger partial charge < -0.3 is 14.2 Å². The fraction of sp³-hybridized carbons (Fsp3) is 0.250. The zero-order valence-electron chi connectivity index (χ0n) is 18.2. The van der Waals surface area contributed by atoms with Gasteiger partial charge in [-0.15, -0.1) is 0 Å². The molecule has 32 heavy (non-hydrogen) atoms. The van der Waals surface area contributed by atoms with Gasteiger partial charge in [-0.05, 0) is 42.2 Å². The van der Waals surface area contributed by atoms with E-state index >= 15 is 0 Å². The van der Waals surface area contributed by atoms with Crippen LogP contribution in [0.4, 0.5) is 0 Å². The van der Waals surface area contributed by atoms with Crippen molar-refractivity contribution in [3.8, 4) is 0 Å². The molecular formula is C28H26O4. The molecule has 1 heterocycles. The zero-order valence-corrected chi connectivity index (χ0v) is 18.2. The summed E-state index contributed by atoms with van der Waals surface area (Å²) in [6, 6.07) is 30.6. The van der Waals surface area contributed by atoms with E-state index in [-0.39, 0.29) is 12.4 Å². The quantitative estimate of drug-likeness (QED) is 0.519. The first kappa shape index (κ1) is 20.8. The molecule has 3 aromatic rings. The molecule has 3 aromatic carbocycles. The van der Waals surface area contributed by atoms with Crippen molar-refractivity contribution in [2.45, 2.75) is 37.4 Å². The van der Waals surface area contributed by atoms with Gasteiger partial charge in [-0.25, -0.2) is 0 Å². The standard InChI is InChI=1S/C28H26O4/c1-27(2)31-25-20(18-24(29)26(25)32-27)19-30-28(21-12-6-3-7-13-21,22-14-8-4-9-15-22)23-16-10-5-11-17-23/h3-18,25-26H,19H2,1-2H3. The highest BCUT2D eigenvalue weighted by Crippen LogP contribution is 2.42. The molecule has 0 bridgehead atoms. The van der Waals surface area contributed by atoms with Crippen LogP contribution in [0.3, 0.4) is 0 Å². The number of rotatable bonds is 6. The van der Waals surface area contributed by atoms with Crippen molar-refractivity contribution in [3.05, 3.63) is 119 Å². The minimum atomic E-state index is -0.846. The van der Waals surface area contributed by atoms with E-state index < -0.39 is 23.6 Å². The molecule has 1 saturated heterocycles. The van der Waals surface area contributed by atoms with E-state index in [1.54, 1.807) is 6.08 Å². The Labute approximate surface area is 188 Å². The third kappa shape index (κ3) is 3.61. The van der Waals surface area contributed by atoms with Crippen LogP contribution in [0.15, 0.2) is 103 Å². The van der Waals surface area contributed by atoms with Crippen molar-refractivity contribution < 1.29 is 19.0 Å². The van der Waals surface area contributed by atoms with Crippen molar-refractivity contribution in [2.75, 3.05) is 6.61 Å². The Hall–Kier alpha value is -3.05. The van der Waals surface area contributed by atoms with Crippen LogP contribution in [-0.2, 0) is 24.6 Å². The fourth-order valence-corrected chi connectivity index (χ4v) is 4.67. The van der Waals surface area contributed by atoms with Crippen molar-refractivity contribution in [1.82, 2.24) is 0 Å². The number of carbonyl (C=O) groups excluding carboxylic acids is 1. The minimum absolute atomic E-state index is 0.0658. The Morgan fingerprint density at radius 2 is 1.19 bits per heavy atom. The molecule has 4 nitrogen and oxygen atoms in total. The molecule has 0 spiro atoms. The molecule has 2 unspecified atom stereocenters. The van der Waals surface area contributed by atoms with E-state index in [0.29, 0.717) is 0 Å². The van der Waals surface area contributed by atoms with Crippen LogP contribution >= 0.6 is 0 Å². The van der Waals surface area contributed by atoms with Gasteiger partial charge in [-0.3, -0.25) is 4.79 Å². The molecule has 1 aliphatic heterocycles. The lowest BCUT2D eigenvalue weighted by Crippen LogP contribution is -2.35. The normalized spacial score (nSPS) is 21.9. The van der Waals surface area contributed by atoms with E-state index in [9.17, 15) is 4.79 Å². The molecule has 0 amide bonds. The molecular weight excluding hydrogens is 400 g/mol. The van der Waals surface area contributed by atoms with E-state index in [2.05, 4.69) is 36.4 Å². The van der Waals surface area contributed by atoms with Crippen molar-refractivity contribution >= 4 is 5.78 Å². The molecule has 1 aliphatic carbocycles. The highest BCUT2D eigenvalue weighted by atomic mass is 16.8. The zero-order chi connectivity index (χ0) is 22.2. The Balaban J connectivity index is 1.58. The maximum absolute atomic E-state index is 12.6. The number of benzene rings is 3. The molecule has 0 radical (unpaired) electrons. The lowest BCUT2D eigenvalue weighted by molar-refractivity contribution is -0.153. The van der Waals surface area contributed by atoms with E-state index in [1.165, 1.54) is 0 Å². The Kier molecular flexibility index (Phi) is 5.30. The van der Waals surface area contributed by atoms with Crippen LogP contribution in [0.5, 0.6) is 0 Å². The number of ether oxygens (including phenoxy) is 3. The van der Waals surface area contributed by atoms with Gasteiger partial charge in [0.2, 0.25) is 0 Å². The lowest BCUT2D eigenvalue weighted by atomic mass is 9.80. The van der Waals surface area contributed by atoms with Gasteiger partial charge in [-0.2, -0.15) is 0 Å². The largest absolute Gasteiger partial charge is 0.356 e. The van der Waals surface area contributed by atoms with Gasteiger partial charge in [0.15, 0.2) is 17.7 Å². The molecule has 1 fully saturated rings. The van der Waals surface area contributed by atoms with Crippen LogP contribution in [-0.4, -0.2) is 30.4 Å². The fourth-order valence-electron chi connectivity index (χ4n) is 4.67. The summed E-state index contributed by atoms with van der Waals surface area (Å²) in [5, 5.41) is 0. The van der Waals surface area contributed by atoms with Crippen molar-refractivity contribution in [3.63, 3.8) is 0 Å². The van der Waals surface area contributed by atoms with Gasteiger partial charge in [0, 0.05) is 0 Å². The summed E-state index contributed by atoms with van der Waals surface area (Å²) in [4.78, 5) is 12.6. The second kappa shape index (κ2) is 8.14. The predicted octanol–water partition coefficient (Wildman–Crippen LogP) is 5.02. The molecule has 2 atom stereocenters. The van der Waals surface area contributed by atoms with E-state index in [1.807, 2.05) is 68.4 Å². The Morgan fingerprint density at radius 1 is 0.750 bits per heavy atom. The maximum atomic E-state index is 12.6. The Morgan fingerprint density at radius 3 is 1.66 bits per heavy atom. The first-order chi connectivity index (χ1) is 15.5. The van der Waals surface area contributed by atoms with Crippen LogP contribution < -0.4 is 0 Å². The van der Waals surface area contributed by atoms with Crippen LogP contribution in [0.1, 0.15) is 30.5 Å². The summed E-state index contributed by atoms with van der Waals surface area (Å²) in [6.07, 6.45) is 0.608. The number of fused-ring (bicyclic) bond motifs is 1. The highest BCUT2D eigenvalue weighted by Gasteiger charge is 2.50. The monoisotopic (exact) mass is 426 g/mol. The van der Waals surface area contributed by atoms with Crippen LogP contribution in [0.2, 0.25) is 0 Å². The number of hydrogen-bond donors (Lipinski definition) is 0. The third-order valence-corrected chi connectivity index (χ3v) is 6.07. The average Bonchev–Trinajstić information content (AvgIpc) is 3.29. The molecule has 162 valence electrons. The van der Waals surface area contributed by atoms with Crippen molar-refractivity contribution in [1.29, 1.82) is 0 Å². The first-order valence-electron chi connectivity index (χ1n) is 10.9. The van der Waals surface area contributed by atoms with E-state index in [4.69, 9.17) is 14.2 Å². The predicted molar refractivity (Wildman–Crippen MR) is 122 cm³/mol. The third-order valence-electron chi connectivity index (χ3n) is 6.07. The summed E-state index contributed by atoms with van der Waals surface area (Å²) < 4.78 is 18.7. The number of ketones is 1. The molecule has 2 aliphatic rings. The van der Waals surface area contributed by atoms with Gasteiger partial charge >= 0.3 is 0 Å². The molecule has 0 saturated carbocycles. The van der Waals surface area contributed by atoms with E-state index in [0.717, 1.165) is 22.3 Å². The number of hydrogen-bond acceptors (Lipinski definition) is 4. The molecule has 4 heteroatoms. The summed E-state index contributed by atoms with van der Waals surface area (Å²) >= 11 is 0. The van der Waals surface area contributed by atoms with Gasteiger partial charge in [0.25, 0.3) is 0 Å². The Bertz CT molecular complexity index is 1020. The first-order valence-corrected chi connectivity index (χ1v) is 10.9. The second-order valence-corrected chi connectivity index (χ2v) is 8.67. The average molecular weight is 427 g/mol. The summed E-state index contributed by atoms with van der Waals surface area (Å²) in [6.45, 7) is 3.91.